The van der Waals surface area contributed by atoms with Gasteiger partial charge in [-0.25, -0.2) is 9.59 Å². The number of rotatable bonds is 19. The van der Waals surface area contributed by atoms with Gasteiger partial charge in [-0.2, -0.15) is 0 Å². The monoisotopic (exact) mass is 991 g/mol. The number of carbonyl (C=O) groups excluding carboxylic acids is 2. The number of ether oxygens (including phenoxy) is 8. The van der Waals surface area contributed by atoms with Gasteiger partial charge in [0, 0.05) is 22.4 Å². The Morgan fingerprint density at radius 2 is 1.34 bits per heavy atom. The fourth-order valence-corrected chi connectivity index (χ4v) is 9.15. The molecule has 3 aliphatic heterocycles. The lowest BCUT2D eigenvalue weighted by atomic mass is 9.80. The highest BCUT2D eigenvalue weighted by Crippen LogP contribution is 2.37. The Morgan fingerprint density at radius 1 is 0.732 bits per heavy atom. The van der Waals surface area contributed by atoms with Crippen molar-refractivity contribution in [2.75, 3.05) is 19.7 Å². The molecule has 0 spiro atoms. The lowest BCUT2D eigenvalue weighted by Gasteiger charge is -2.46. The van der Waals surface area contributed by atoms with Crippen LogP contribution in [-0.2, 0) is 57.7 Å². The van der Waals surface area contributed by atoms with E-state index in [1.165, 1.54) is 4.90 Å². The predicted octanol–water partition coefficient (Wildman–Crippen LogP) is 3.02. The topological polar surface area (TPSA) is 348 Å². The number of aliphatic hydroxyl groups is 5. The molecule has 17 atom stereocenters. The molecule has 3 saturated heterocycles. The molecule has 7 rings (SSSR count). The van der Waals surface area contributed by atoms with E-state index in [0.717, 1.165) is 16.7 Å². The van der Waals surface area contributed by atoms with Crippen molar-refractivity contribution in [1.82, 2.24) is 10.2 Å². The lowest BCUT2D eigenvalue weighted by Crippen LogP contribution is -2.62. The van der Waals surface area contributed by atoms with Crippen molar-refractivity contribution in [3.05, 3.63) is 129 Å². The van der Waals surface area contributed by atoms with E-state index in [9.17, 15) is 40.7 Å². The Kier molecular flexibility index (Phi) is 19.2. The number of nitrogens with two attached hydrogens (primary N) is 1. The molecular weight excluding hydrogens is 931 g/mol. The first-order valence-corrected chi connectivity index (χ1v) is 23.4. The Balaban J connectivity index is 1.11. The van der Waals surface area contributed by atoms with E-state index in [1.807, 2.05) is 97.9 Å². The molecule has 4 aliphatic rings. The first-order valence-electron chi connectivity index (χ1n) is 23.4. The van der Waals surface area contributed by atoms with Crippen LogP contribution in [0, 0.1) is 5.92 Å². The molecule has 17 unspecified atom stereocenters. The minimum absolute atomic E-state index is 0.0191. The van der Waals surface area contributed by atoms with Crippen LogP contribution in [0.25, 0.3) is 20.9 Å². The predicted molar refractivity (Wildman–Crippen MR) is 247 cm³/mol. The van der Waals surface area contributed by atoms with Crippen molar-refractivity contribution in [2.45, 2.75) is 144 Å². The van der Waals surface area contributed by atoms with Crippen LogP contribution in [0.2, 0.25) is 0 Å². The van der Waals surface area contributed by atoms with Crippen LogP contribution >= 0.6 is 0 Å². The maximum absolute atomic E-state index is 13.8. The zero-order valence-electron chi connectivity index (χ0n) is 38.9. The van der Waals surface area contributed by atoms with E-state index >= 15 is 0 Å². The van der Waals surface area contributed by atoms with Gasteiger partial charge in [0.2, 0.25) is 0 Å². The van der Waals surface area contributed by atoms with Gasteiger partial charge >= 0.3 is 12.2 Å². The number of hydrogen-bond donors (Lipinski definition) is 7. The van der Waals surface area contributed by atoms with Gasteiger partial charge in [-0.15, -0.1) is 0 Å². The third-order valence-electron chi connectivity index (χ3n) is 12.9. The molecule has 71 heavy (non-hydrogen) atoms. The van der Waals surface area contributed by atoms with Crippen LogP contribution in [0.3, 0.4) is 0 Å². The molecule has 24 nitrogen and oxygen atoms in total. The smallest absolute Gasteiger partial charge is 0.410 e. The fraction of sp³-hybridized carbons (Fsp3) is 0.574. The number of aliphatic hydroxyl groups excluding tert-OH is 5. The SMILES string of the molecule is CC1CC(N)C(O)C(OC2OC(CO)C(OC3OC(CN=[N+]=[N-])C(O)C(O)C3N=[N+]=[N-])C2O)C1OC1OC(CN(Cc2ccccc2)C(=O)OCc2ccccc2)CCC1NC(=O)OCc1ccccc1. The van der Waals surface area contributed by atoms with Crippen molar-refractivity contribution >= 4 is 12.2 Å². The molecule has 3 heterocycles. The Labute approximate surface area is 408 Å². The van der Waals surface area contributed by atoms with E-state index in [2.05, 4.69) is 25.4 Å². The fourth-order valence-electron chi connectivity index (χ4n) is 9.15. The minimum atomic E-state index is -1.76. The van der Waals surface area contributed by atoms with Gasteiger partial charge in [0.05, 0.1) is 56.3 Å². The average molecular weight is 992 g/mol. The third-order valence-corrected chi connectivity index (χ3v) is 12.9. The zero-order valence-corrected chi connectivity index (χ0v) is 38.9. The van der Waals surface area contributed by atoms with Gasteiger partial charge in [-0.05, 0) is 52.9 Å². The van der Waals surface area contributed by atoms with Gasteiger partial charge in [-0.1, -0.05) is 108 Å². The number of carbonyl (C=O) groups is 2. The Morgan fingerprint density at radius 3 is 1.97 bits per heavy atom. The normalized spacial score (nSPS) is 33.7. The van der Waals surface area contributed by atoms with Crippen LogP contribution in [0.4, 0.5) is 9.59 Å². The summed E-state index contributed by atoms with van der Waals surface area (Å²) in [6, 6.07) is 24.5. The lowest BCUT2D eigenvalue weighted by molar-refractivity contribution is -0.296. The molecule has 384 valence electrons. The first-order chi connectivity index (χ1) is 34.4. The first kappa shape index (κ1) is 53.1. The van der Waals surface area contributed by atoms with E-state index in [4.69, 9.17) is 49.2 Å². The van der Waals surface area contributed by atoms with Gasteiger partial charge in [0.25, 0.3) is 0 Å². The van der Waals surface area contributed by atoms with Gasteiger partial charge in [0.1, 0.15) is 49.8 Å². The highest BCUT2D eigenvalue weighted by molar-refractivity contribution is 5.68. The molecule has 0 aromatic heterocycles. The van der Waals surface area contributed by atoms with Crippen molar-refractivity contribution < 1.29 is 73.0 Å². The standard InChI is InChI=1S/C47H61N9O15/c1-26-19-31(48)36(58)42(71-45-39(61)41(34(23-57)68-45)70-44-35(53-55-50)38(60)37(59)33(67-44)20-51-54-49)40(26)69-43-32(52-46(62)64-24-28-13-7-3-8-14-28)18-17-30(66-43)22-56(21-27-11-5-2-6-12-27)47(63)65-25-29-15-9-4-10-16-29/h2-16,26,30-45,57-61H,17-25,48H2,1H3,(H,52,62). The van der Waals surface area contributed by atoms with Crippen molar-refractivity contribution in [2.24, 2.45) is 21.9 Å². The second-order valence-electron chi connectivity index (χ2n) is 17.9. The minimum Gasteiger partial charge on any atom is -0.445 e. The quantitative estimate of drug-likeness (QED) is 0.0516. The summed E-state index contributed by atoms with van der Waals surface area (Å²) < 4.78 is 48.8. The highest BCUT2D eigenvalue weighted by Gasteiger charge is 2.54. The van der Waals surface area contributed by atoms with E-state index < -0.39 is 129 Å². The van der Waals surface area contributed by atoms with E-state index in [0.29, 0.717) is 12.8 Å². The number of benzene rings is 3. The molecule has 24 heteroatoms. The van der Waals surface area contributed by atoms with Gasteiger partial charge < -0.3 is 79.4 Å². The number of amides is 2. The van der Waals surface area contributed by atoms with Gasteiger partial charge in [0.15, 0.2) is 18.9 Å². The molecule has 2 amide bonds. The second kappa shape index (κ2) is 25.6. The summed E-state index contributed by atoms with van der Waals surface area (Å²) in [7, 11) is 0. The van der Waals surface area contributed by atoms with Crippen LogP contribution in [0.15, 0.2) is 101 Å². The Bertz CT molecular complexity index is 2250. The summed E-state index contributed by atoms with van der Waals surface area (Å²) in [5.41, 5.74) is 27.0. The maximum Gasteiger partial charge on any atom is 0.410 e. The summed E-state index contributed by atoms with van der Waals surface area (Å²) in [6.07, 6.45) is -18.8. The molecule has 0 radical (unpaired) electrons. The number of hydrogen-bond acceptors (Lipinski definition) is 18. The molecular formula is C47H61N9O15. The van der Waals surface area contributed by atoms with Gasteiger partial charge in [-0.3, -0.25) is 0 Å². The molecule has 1 saturated carbocycles. The maximum atomic E-state index is 13.8. The Hall–Kier alpha value is -5.66. The van der Waals surface area contributed by atoms with E-state index in [1.54, 1.807) is 0 Å². The molecule has 1 aliphatic carbocycles. The van der Waals surface area contributed by atoms with Crippen LogP contribution < -0.4 is 11.1 Å². The summed E-state index contributed by atoms with van der Waals surface area (Å²) >= 11 is 0. The number of nitrogens with one attached hydrogen (secondary N) is 1. The van der Waals surface area contributed by atoms with E-state index in [-0.39, 0.29) is 32.7 Å². The average Bonchev–Trinajstić information content (AvgIpc) is 3.68. The molecule has 3 aromatic rings. The van der Waals surface area contributed by atoms with Crippen molar-refractivity contribution in [1.29, 1.82) is 0 Å². The summed E-state index contributed by atoms with van der Waals surface area (Å²) in [6.45, 7) is 0.880. The highest BCUT2D eigenvalue weighted by atomic mass is 16.8. The van der Waals surface area contributed by atoms with Crippen LogP contribution in [-0.4, -0.2) is 160 Å². The number of azide groups is 2. The summed E-state index contributed by atoms with van der Waals surface area (Å²) in [5.74, 6) is -0.462. The molecule has 8 N–H and O–H groups in total. The number of nitrogens with zero attached hydrogens (tertiary/aromatic N) is 7. The largest absolute Gasteiger partial charge is 0.445 e. The van der Waals surface area contributed by atoms with Crippen molar-refractivity contribution in [3.8, 4) is 0 Å². The van der Waals surface area contributed by atoms with Crippen LogP contribution in [0.5, 0.6) is 0 Å². The summed E-state index contributed by atoms with van der Waals surface area (Å²) in [4.78, 5) is 34.1. The van der Waals surface area contributed by atoms with Crippen molar-refractivity contribution in [3.63, 3.8) is 0 Å². The zero-order chi connectivity index (χ0) is 50.4. The molecule has 0 bridgehead atoms. The number of alkyl carbamates (subject to hydrolysis) is 1. The van der Waals surface area contributed by atoms with Crippen LogP contribution in [0.1, 0.15) is 42.9 Å². The third kappa shape index (κ3) is 13.9. The summed E-state index contributed by atoms with van der Waals surface area (Å²) in [5, 5.41) is 65.0. The second-order valence-corrected chi connectivity index (χ2v) is 17.9. The molecule has 3 aromatic carbocycles. The molecule has 4 fully saturated rings.